The van der Waals surface area contributed by atoms with Gasteiger partial charge in [0.15, 0.2) is 0 Å². The largest absolute Gasteiger partial charge is 1.00 e. The van der Waals surface area contributed by atoms with E-state index in [2.05, 4.69) is 96.1 Å². The summed E-state index contributed by atoms with van der Waals surface area (Å²) in [4.78, 5) is 0. The molecule has 0 aromatic heterocycles. The van der Waals surface area contributed by atoms with Gasteiger partial charge in [0, 0.05) is 0 Å². The van der Waals surface area contributed by atoms with Crippen molar-refractivity contribution in [3.63, 3.8) is 0 Å². The zero-order valence-corrected chi connectivity index (χ0v) is 24.6. The summed E-state index contributed by atoms with van der Waals surface area (Å²) in [6.45, 7) is 14.2. The summed E-state index contributed by atoms with van der Waals surface area (Å²) in [7, 11) is 0.792. The van der Waals surface area contributed by atoms with Crippen LogP contribution in [0.4, 0.5) is 0 Å². The molecule has 0 nitrogen and oxygen atoms in total. The van der Waals surface area contributed by atoms with Crippen molar-refractivity contribution in [3.8, 4) is 0 Å². The van der Waals surface area contributed by atoms with Gasteiger partial charge in [-0.1, -0.05) is 0 Å². The Morgan fingerprint density at radius 1 is 0.833 bits per heavy atom. The Morgan fingerprint density at radius 3 is 2.10 bits per heavy atom. The van der Waals surface area contributed by atoms with E-state index in [0.29, 0.717) is 3.67 Å². The van der Waals surface area contributed by atoms with Crippen molar-refractivity contribution in [2.45, 2.75) is 45.2 Å². The molecule has 2 atom stereocenters. The molecule has 0 bridgehead atoms. The summed E-state index contributed by atoms with van der Waals surface area (Å²) in [6, 6.07) is 18.1. The van der Waals surface area contributed by atoms with Gasteiger partial charge in [-0.15, -0.1) is 0 Å². The predicted molar refractivity (Wildman–Crippen MR) is 121 cm³/mol. The van der Waals surface area contributed by atoms with E-state index in [4.69, 9.17) is 0 Å². The molecule has 0 amide bonds. The van der Waals surface area contributed by atoms with Crippen molar-refractivity contribution in [1.29, 1.82) is 0 Å². The molecule has 0 radical (unpaired) electrons. The first-order chi connectivity index (χ1) is 13.3. The minimum atomic E-state index is -1.10. The molecule has 156 valence electrons. The van der Waals surface area contributed by atoms with Crippen LogP contribution in [0.3, 0.4) is 0 Å². The van der Waals surface area contributed by atoms with Gasteiger partial charge in [-0.05, 0) is 0 Å². The van der Waals surface area contributed by atoms with E-state index in [-0.39, 0.29) is 30.2 Å². The topological polar surface area (TPSA) is 0 Å². The van der Waals surface area contributed by atoms with Crippen molar-refractivity contribution in [1.82, 2.24) is 0 Å². The third-order valence-corrected chi connectivity index (χ3v) is 17.2. The zero-order valence-electron chi connectivity index (χ0n) is 18.5. The van der Waals surface area contributed by atoms with Gasteiger partial charge in [0.2, 0.25) is 0 Å². The summed E-state index contributed by atoms with van der Waals surface area (Å²) < 4.78 is 2.52. The summed E-state index contributed by atoms with van der Waals surface area (Å²) in [5.74, 6) is 0. The summed E-state index contributed by atoms with van der Waals surface area (Å²) >= 11 is -1.10. The van der Waals surface area contributed by atoms with Gasteiger partial charge in [0.1, 0.15) is 0 Å². The molecule has 0 spiro atoms. The van der Waals surface area contributed by atoms with E-state index in [1.165, 1.54) is 16.4 Å². The Labute approximate surface area is 207 Å². The average Bonchev–Trinajstić information content (AvgIpc) is 3.08. The van der Waals surface area contributed by atoms with E-state index in [0.717, 1.165) is 8.58 Å². The van der Waals surface area contributed by atoms with Crippen LogP contribution in [-0.4, -0.2) is 0 Å². The second kappa shape index (κ2) is 9.99. The maximum atomic E-state index is 2.52. The molecule has 2 aromatic carbocycles. The Kier molecular flexibility index (Phi) is 8.59. The Balaban J connectivity index is 0.00000160. The molecule has 0 saturated carbocycles. The van der Waals surface area contributed by atoms with Crippen molar-refractivity contribution in [3.05, 3.63) is 90.6 Å². The normalized spacial score (nSPS) is 19.4. The molecule has 0 aliphatic heterocycles. The summed E-state index contributed by atoms with van der Waals surface area (Å²) in [6.07, 6.45) is 2.52. The van der Waals surface area contributed by atoms with Crippen LogP contribution < -0.4 is 30.1 Å². The van der Waals surface area contributed by atoms with E-state index in [1.807, 2.05) is 3.33 Å². The first-order valence-electron chi connectivity index (χ1n) is 10.1. The fourth-order valence-electron chi connectivity index (χ4n) is 4.48. The monoisotopic (exact) mass is 622 g/mol. The number of allylic oxidation sites excluding steroid dienone is 5. The summed E-state index contributed by atoms with van der Waals surface area (Å²) in [5.41, 5.74) is 9.48. The third kappa shape index (κ3) is 4.52. The number of aryl methyl sites for hydroxylation is 1. The average molecular weight is 622 g/mol. The quantitative estimate of drug-likeness (QED) is 0.355. The minimum absolute atomic E-state index is 0. The van der Waals surface area contributed by atoms with Crippen molar-refractivity contribution in [2.24, 2.45) is 5.41 Å². The fourth-order valence-corrected chi connectivity index (χ4v) is 14.0. The minimum Gasteiger partial charge on any atom is -1.00 e. The Morgan fingerprint density at radius 2 is 1.47 bits per heavy atom. The van der Waals surface area contributed by atoms with E-state index >= 15 is 0 Å². The van der Waals surface area contributed by atoms with Crippen LogP contribution in [0, 0.1) is 12.3 Å². The second-order valence-electron chi connectivity index (χ2n) is 8.62. The number of rotatable bonds is 4. The molecule has 4 rings (SSSR count). The van der Waals surface area contributed by atoms with Crippen molar-refractivity contribution < 1.29 is 47.7 Å². The molecule has 2 unspecified atom stereocenters. The van der Waals surface area contributed by atoms with Gasteiger partial charge in [-0.2, -0.15) is 0 Å². The molecular weight excluding hydrogens is 593 g/mol. The predicted octanol–water partition coefficient (Wildman–Crippen LogP) is 1.14. The van der Waals surface area contributed by atoms with Crippen LogP contribution >= 0.6 is 8.58 Å². The SMILES string of the molecule is CC1=C(C)C(C)(C)[C]([Hf+2][CH]2C(Pc3ccccc3C)=Cc3ccccc32)=C1C.[Cl-].[Cl-]. The molecule has 4 heteroatoms. The third-order valence-electron chi connectivity index (χ3n) is 6.70. The number of hydrogen-bond acceptors (Lipinski definition) is 0. The van der Waals surface area contributed by atoms with Crippen LogP contribution in [0.5, 0.6) is 0 Å². The number of fused-ring (bicyclic) bond motifs is 1. The van der Waals surface area contributed by atoms with Gasteiger partial charge >= 0.3 is 184 Å². The van der Waals surface area contributed by atoms with Gasteiger partial charge in [-0.3, -0.25) is 0 Å². The van der Waals surface area contributed by atoms with Crippen LogP contribution in [-0.2, 0) is 22.9 Å². The molecule has 0 saturated heterocycles. The molecule has 2 aliphatic carbocycles. The van der Waals surface area contributed by atoms with Gasteiger partial charge in [-0.25, -0.2) is 0 Å². The molecule has 2 aliphatic rings. The zero-order chi connectivity index (χ0) is 20.1. The number of benzene rings is 2. The van der Waals surface area contributed by atoms with E-state index in [1.54, 1.807) is 27.6 Å². The molecule has 30 heavy (non-hydrogen) atoms. The first kappa shape index (κ1) is 25.8. The maximum Gasteiger partial charge on any atom is -1.00 e. The van der Waals surface area contributed by atoms with Gasteiger partial charge in [0.05, 0.1) is 0 Å². The van der Waals surface area contributed by atoms with Crippen LogP contribution in [0.15, 0.2) is 73.9 Å². The molecular formula is C26H29Cl2HfP. The van der Waals surface area contributed by atoms with Crippen LogP contribution in [0.25, 0.3) is 6.08 Å². The molecule has 2 aromatic rings. The van der Waals surface area contributed by atoms with Crippen LogP contribution in [0.1, 0.15) is 55.0 Å². The second-order valence-corrected chi connectivity index (χ2v) is 14.9. The van der Waals surface area contributed by atoms with Crippen molar-refractivity contribution >= 4 is 20.0 Å². The molecule has 0 fully saturated rings. The molecule has 0 heterocycles. The first-order valence-corrected chi connectivity index (χ1v) is 15.0. The van der Waals surface area contributed by atoms with Crippen molar-refractivity contribution in [2.75, 3.05) is 0 Å². The van der Waals surface area contributed by atoms with E-state index in [9.17, 15) is 0 Å². The number of halogens is 2. The van der Waals surface area contributed by atoms with E-state index < -0.39 is 22.9 Å². The molecule has 0 N–H and O–H groups in total. The summed E-state index contributed by atoms with van der Waals surface area (Å²) in [5, 5.41) is 3.19. The Hall–Kier alpha value is -0.460. The Bertz CT molecular complexity index is 1050. The van der Waals surface area contributed by atoms with Gasteiger partial charge in [0.25, 0.3) is 0 Å². The standard InChI is InChI=1S/C16H14P.C10H15.2ClH.Hf/c1-12-6-2-5-9-16(12)17-15-10-13-7-3-4-8-14(13)11-15;1-7-6-10(4,5)9(3)8(7)2;;;/h2-11,17H,1H3;1-5H3;2*1H;/q;;;;+2/p-2. The van der Waals surface area contributed by atoms with Gasteiger partial charge < -0.3 is 24.8 Å². The van der Waals surface area contributed by atoms with Crippen LogP contribution in [0.2, 0.25) is 0 Å². The fraction of sp³-hybridized carbons (Fsp3) is 0.308. The maximum absolute atomic E-state index is 2.52. The smallest absolute Gasteiger partial charge is 1.00 e. The number of hydrogen-bond donors (Lipinski definition) is 0.